The molecule has 2 heteroatoms. The van der Waals surface area contributed by atoms with Gasteiger partial charge in [-0.2, -0.15) is 5.92 Å². The quantitative estimate of drug-likeness (QED) is 0.377. The van der Waals surface area contributed by atoms with Crippen molar-refractivity contribution in [3.63, 3.8) is 0 Å². The van der Waals surface area contributed by atoms with E-state index in [0.29, 0.717) is 5.92 Å². The van der Waals surface area contributed by atoms with E-state index in [1.807, 2.05) is 6.07 Å². The molecule has 0 spiro atoms. The molecule has 0 aliphatic heterocycles. The van der Waals surface area contributed by atoms with Gasteiger partial charge in [-0.1, -0.05) is 156 Å². The van der Waals surface area contributed by atoms with Crippen molar-refractivity contribution in [2.24, 2.45) is 5.92 Å². The maximum atomic E-state index is 5.14. The fourth-order valence-corrected chi connectivity index (χ4v) is 5.05. The number of hydrogen-bond acceptors (Lipinski definition) is 0. The minimum atomic E-state index is -0.152. The van der Waals surface area contributed by atoms with E-state index in [1.165, 1.54) is 82.6 Å². The molecular weight excluding hydrogens is 454 g/mol. The van der Waals surface area contributed by atoms with E-state index in [0.717, 1.165) is 18.5 Å². The zero-order chi connectivity index (χ0) is 20.9. The van der Waals surface area contributed by atoms with Crippen LogP contribution in [0.15, 0.2) is 60.7 Å². The number of benzene rings is 2. The first-order valence-corrected chi connectivity index (χ1v) is 12.5. The summed E-state index contributed by atoms with van der Waals surface area (Å²) in [5.41, 5.74) is 2.22. The molecule has 0 unspecified atom stereocenters. The third-order valence-electron chi connectivity index (χ3n) is 6.89. The van der Waals surface area contributed by atoms with Gasteiger partial charge in [0.1, 0.15) is 0 Å². The van der Waals surface area contributed by atoms with Crippen molar-refractivity contribution in [1.82, 2.24) is 0 Å². The van der Waals surface area contributed by atoms with Crippen LogP contribution in [0.2, 0.25) is 0 Å². The van der Waals surface area contributed by atoms with Crippen LogP contribution in [0.1, 0.15) is 95.5 Å². The Hall–Kier alpha value is -0.877. The minimum Gasteiger partial charge on any atom is -0.677 e. The Morgan fingerprint density at radius 2 is 1.06 bits per heavy atom. The van der Waals surface area contributed by atoms with Gasteiger partial charge < -0.3 is 12.2 Å². The molecule has 3 aliphatic carbocycles. The molecule has 5 rings (SSSR count). The molecule has 0 amide bonds. The Kier molecular flexibility index (Phi) is 12.8. The van der Waals surface area contributed by atoms with E-state index in [2.05, 4.69) is 61.5 Å². The topological polar surface area (TPSA) is 14.1 Å². The minimum absolute atomic E-state index is 0. The van der Waals surface area contributed by atoms with E-state index in [4.69, 9.17) is 5.32 Å². The summed E-state index contributed by atoms with van der Waals surface area (Å²) in [6.45, 7) is 4.43. The van der Waals surface area contributed by atoms with Gasteiger partial charge in [0, 0.05) is 0 Å². The summed E-state index contributed by atoms with van der Waals surface area (Å²) < 4.78 is 0. The molecule has 3 fully saturated rings. The second kappa shape index (κ2) is 15.0. The first-order chi connectivity index (χ1) is 14.8. The molecular formula is C29H41NZr+2. The molecule has 2 atom stereocenters. The van der Waals surface area contributed by atoms with Crippen molar-refractivity contribution < 1.29 is 26.2 Å². The molecule has 2 aromatic carbocycles. The summed E-state index contributed by atoms with van der Waals surface area (Å²) in [5.74, 6) is 0.346. The molecule has 0 heterocycles. The van der Waals surface area contributed by atoms with Gasteiger partial charge in [-0.15, -0.1) is 11.2 Å². The van der Waals surface area contributed by atoms with Gasteiger partial charge in [0.25, 0.3) is 0 Å². The molecule has 0 bridgehead atoms. The van der Waals surface area contributed by atoms with Gasteiger partial charge in [-0.05, 0) is 0 Å². The summed E-state index contributed by atoms with van der Waals surface area (Å²) >= 11 is 0. The molecule has 0 N–H and O–H groups in total. The molecule has 2 aromatic rings. The Labute approximate surface area is 210 Å². The van der Waals surface area contributed by atoms with E-state index < -0.39 is 0 Å². The fraction of sp³-hybridized carbons (Fsp3) is 0.552. The molecule has 3 aliphatic rings. The van der Waals surface area contributed by atoms with Gasteiger partial charge in [-0.3, -0.25) is 0 Å². The Balaban J connectivity index is 0.000000254. The van der Waals surface area contributed by atoms with Crippen LogP contribution in [-0.4, -0.2) is 0 Å². The monoisotopic (exact) mass is 493 g/mol. The van der Waals surface area contributed by atoms with Gasteiger partial charge in [0.05, 0.1) is 0 Å². The summed E-state index contributed by atoms with van der Waals surface area (Å²) in [6, 6.07) is 21.0. The number of hydrogen-bond donors (Lipinski definition) is 0. The maximum Gasteiger partial charge on any atom is 4.00 e. The predicted octanol–water partition coefficient (Wildman–Crippen LogP) is 9.51. The molecule has 164 valence electrons. The normalized spacial score (nSPS) is 24.6. The van der Waals surface area contributed by atoms with Crippen molar-refractivity contribution in [2.75, 3.05) is 0 Å². The van der Waals surface area contributed by atoms with Gasteiger partial charge in [0.2, 0.25) is 0 Å². The molecule has 0 radical (unpaired) electrons. The molecule has 3 saturated carbocycles. The van der Waals surface area contributed by atoms with Crippen molar-refractivity contribution in [2.45, 2.75) is 95.4 Å². The van der Waals surface area contributed by atoms with Crippen LogP contribution >= 0.6 is 0 Å². The second-order valence-corrected chi connectivity index (χ2v) is 9.22. The predicted molar refractivity (Wildman–Crippen MR) is 131 cm³/mol. The van der Waals surface area contributed by atoms with Crippen molar-refractivity contribution in [1.29, 1.82) is 0 Å². The van der Waals surface area contributed by atoms with Gasteiger partial charge >= 0.3 is 26.2 Å². The van der Waals surface area contributed by atoms with Crippen LogP contribution in [0.25, 0.3) is 5.32 Å². The van der Waals surface area contributed by atoms with Crippen LogP contribution in [0.5, 0.6) is 0 Å². The Bertz CT molecular complexity index is 653. The zero-order valence-corrected chi connectivity index (χ0v) is 21.9. The van der Waals surface area contributed by atoms with Crippen LogP contribution in [0.4, 0.5) is 5.69 Å². The van der Waals surface area contributed by atoms with Crippen molar-refractivity contribution >= 4 is 5.69 Å². The van der Waals surface area contributed by atoms with Crippen LogP contribution < -0.4 is 0 Å². The summed E-state index contributed by atoms with van der Waals surface area (Å²) in [5, 5.41) is 5.14. The van der Waals surface area contributed by atoms with Crippen LogP contribution in [0, 0.1) is 12.8 Å². The SMILES string of the molecule is C1CCCC1.C1CCCC1.[CH2-][C@@H]1CCCC[C@@]1([N-]c1ccccc1)c1ccccc1.[Zr+4]. The molecule has 31 heavy (non-hydrogen) atoms. The fourth-order valence-electron chi connectivity index (χ4n) is 5.05. The van der Waals surface area contributed by atoms with Crippen molar-refractivity contribution in [3.8, 4) is 0 Å². The van der Waals surface area contributed by atoms with Crippen molar-refractivity contribution in [3.05, 3.63) is 78.5 Å². The average Bonchev–Trinajstić information content (AvgIpc) is 3.56. The third-order valence-corrected chi connectivity index (χ3v) is 6.89. The summed E-state index contributed by atoms with van der Waals surface area (Å²) in [7, 11) is 0. The summed E-state index contributed by atoms with van der Waals surface area (Å²) in [6.07, 6.45) is 19.8. The summed E-state index contributed by atoms with van der Waals surface area (Å²) in [4.78, 5) is 0. The smallest absolute Gasteiger partial charge is 0.677 e. The van der Waals surface area contributed by atoms with E-state index in [9.17, 15) is 0 Å². The molecule has 0 saturated heterocycles. The number of nitrogens with zero attached hydrogens (tertiary/aromatic N) is 1. The van der Waals surface area contributed by atoms with Crippen LogP contribution in [-0.2, 0) is 31.7 Å². The number of rotatable bonds is 3. The van der Waals surface area contributed by atoms with Gasteiger partial charge in [-0.25, -0.2) is 0 Å². The average molecular weight is 495 g/mol. The Morgan fingerprint density at radius 1 is 0.613 bits per heavy atom. The van der Waals surface area contributed by atoms with Crippen LogP contribution in [0.3, 0.4) is 0 Å². The first kappa shape index (κ1) is 26.4. The van der Waals surface area contributed by atoms with E-state index in [-0.39, 0.29) is 31.7 Å². The molecule has 1 nitrogen and oxygen atoms in total. The standard InChI is InChI=1S/C19H21N.2C5H10.Zr/c1-16-10-8-9-15-19(16,17-11-4-2-5-12-17)20-18-13-6-3-7-14-18;2*1-2-4-5-3-1;/h2-7,11-14,16H,1,8-10,15H2;2*1-5H2;/q-2;;;+4/t16-,19+;;;/m1.../s1. The number of para-hydroxylation sites is 1. The van der Waals surface area contributed by atoms with E-state index >= 15 is 0 Å². The Morgan fingerprint density at radius 3 is 1.52 bits per heavy atom. The second-order valence-electron chi connectivity index (χ2n) is 9.22. The van der Waals surface area contributed by atoms with Gasteiger partial charge in [0.15, 0.2) is 0 Å². The maximum absolute atomic E-state index is 5.14. The molecule has 0 aromatic heterocycles. The largest absolute Gasteiger partial charge is 4.00 e. The van der Waals surface area contributed by atoms with E-state index in [1.54, 1.807) is 0 Å². The third kappa shape index (κ3) is 8.53. The first-order valence-electron chi connectivity index (χ1n) is 12.5. The zero-order valence-electron chi connectivity index (χ0n) is 19.4.